The summed E-state index contributed by atoms with van der Waals surface area (Å²) in [6, 6.07) is 15.2. The van der Waals surface area contributed by atoms with E-state index in [4.69, 9.17) is 4.74 Å². The van der Waals surface area contributed by atoms with Gasteiger partial charge < -0.3 is 25.0 Å². The van der Waals surface area contributed by atoms with Crippen LogP contribution in [-0.4, -0.2) is 53.2 Å². The number of aromatic nitrogens is 1. The average Bonchev–Trinajstić information content (AvgIpc) is 3.08. The van der Waals surface area contributed by atoms with Crippen molar-refractivity contribution >= 4 is 29.2 Å². The number of phenolic OH excluding ortho intramolecular Hbond substituents is 1. The number of nitrogens with one attached hydrogen (secondary N) is 2. The SMILES string of the molecule is Cc1[nH]c2ccc(O)cc2c1C(=O)NC1CCN(CCCOc2ccccc2)CC1.Cl. The van der Waals surface area contributed by atoms with Crippen molar-refractivity contribution in [2.24, 2.45) is 0 Å². The van der Waals surface area contributed by atoms with Crippen LogP contribution in [0.3, 0.4) is 0 Å². The molecule has 1 fully saturated rings. The van der Waals surface area contributed by atoms with E-state index in [-0.39, 0.29) is 30.1 Å². The number of rotatable bonds is 7. The van der Waals surface area contributed by atoms with Gasteiger partial charge in [-0.1, -0.05) is 18.2 Å². The second kappa shape index (κ2) is 10.6. The van der Waals surface area contributed by atoms with E-state index in [2.05, 4.69) is 15.2 Å². The summed E-state index contributed by atoms with van der Waals surface area (Å²) in [6.07, 6.45) is 2.87. The van der Waals surface area contributed by atoms with E-state index < -0.39 is 0 Å². The van der Waals surface area contributed by atoms with Crippen LogP contribution in [0.15, 0.2) is 48.5 Å². The molecule has 0 atom stereocenters. The van der Waals surface area contributed by atoms with Gasteiger partial charge in [0.2, 0.25) is 0 Å². The van der Waals surface area contributed by atoms with Crippen molar-refractivity contribution in [2.45, 2.75) is 32.2 Å². The van der Waals surface area contributed by atoms with Crippen LogP contribution in [-0.2, 0) is 0 Å². The van der Waals surface area contributed by atoms with Crippen LogP contribution in [0, 0.1) is 6.92 Å². The number of nitrogens with zero attached hydrogens (tertiary/aromatic N) is 1. The van der Waals surface area contributed by atoms with Gasteiger partial charge in [-0.05, 0) is 56.5 Å². The summed E-state index contributed by atoms with van der Waals surface area (Å²) >= 11 is 0. The number of aromatic amines is 1. The summed E-state index contributed by atoms with van der Waals surface area (Å²) in [7, 11) is 0. The molecule has 2 aromatic carbocycles. The number of para-hydroxylation sites is 1. The van der Waals surface area contributed by atoms with Gasteiger partial charge in [0.25, 0.3) is 5.91 Å². The minimum atomic E-state index is -0.0703. The number of hydrogen-bond donors (Lipinski definition) is 3. The van der Waals surface area contributed by atoms with E-state index >= 15 is 0 Å². The summed E-state index contributed by atoms with van der Waals surface area (Å²) in [5.41, 5.74) is 2.31. The molecule has 0 aliphatic carbocycles. The normalized spacial score (nSPS) is 14.9. The molecule has 1 aliphatic rings. The molecule has 2 heterocycles. The summed E-state index contributed by atoms with van der Waals surface area (Å²) in [6.45, 7) is 5.57. The zero-order chi connectivity index (χ0) is 20.9. The number of halogens is 1. The van der Waals surface area contributed by atoms with Gasteiger partial charge in [0.15, 0.2) is 0 Å². The number of carbonyl (C=O) groups is 1. The second-order valence-corrected chi connectivity index (χ2v) is 7.96. The van der Waals surface area contributed by atoms with Gasteiger partial charge in [0.05, 0.1) is 12.2 Å². The number of aryl methyl sites for hydroxylation is 1. The first-order valence-corrected chi connectivity index (χ1v) is 10.6. The van der Waals surface area contributed by atoms with Crippen LogP contribution in [0.4, 0.5) is 0 Å². The molecule has 0 saturated carbocycles. The fourth-order valence-electron chi connectivity index (χ4n) is 4.16. The minimum Gasteiger partial charge on any atom is -0.508 e. The predicted octanol–water partition coefficient (Wildman–Crippen LogP) is 4.27. The maximum Gasteiger partial charge on any atom is 0.253 e. The van der Waals surface area contributed by atoms with Crippen molar-refractivity contribution in [3.05, 3.63) is 59.8 Å². The lowest BCUT2D eigenvalue weighted by Gasteiger charge is -2.32. The Bertz CT molecular complexity index is 998. The van der Waals surface area contributed by atoms with Gasteiger partial charge in [-0.25, -0.2) is 0 Å². The minimum absolute atomic E-state index is 0. The quantitative estimate of drug-likeness (QED) is 0.476. The van der Waals surface area contributed by atoms with Crippen molar-refractivity contribution in [3.8, 4) is 11.5 Å². The van der Waals surface area contributed by atoms with E-state index in [9.17, 15) is 9.90 Å². The number of ether oxygens (including phenoxy) is 1. The van der Waals surface area contributed by atoms with Crippen molar-refractivity contribution in [3.63, 3.8) is 0 Å². The highest BCUT2D eigenvalue weighted by Gasteiger charge is 2.23. The van der Waals surface area contributed by atoms with E-state index in [0.717, 1.165) is 61.2 Å². The fraction of sp³-hybridized carbons (Fsp3) is 0.375. The van der Waals surface area contributed by atoms with Gasteiger partial charge in [-0.15, -0.1) is 12.4 Å². The zero-order valence-electron chi connectivity index (χ0n) is 17.8. The third kappa shape index (κ3) is 5.71. The van der Waals surface area contributed by atoms with Crippen LogP contribution >= 0.6 is 12.4 Å². The zero-order valence-corrected chi connectivity index (χ0v) is 18.6. The predicted molar refractivity (Wildman–Crippen MR) is 125 cm³/mol. The monoisotopic (exact) mass is 443 g/mol. The van der Waals surface area contributed by atoms with Crippen LogP contribution in [0.25, 0.3) is 10.9 Å². The number of phenols is 1. The van der Waals surface area contributed by atoms with Crippen LogP contribution in [0.5, 0.6) is 11.5 Å². The first-order chi connectivity index (χ1) is 14.6. The molecule has 1 aliphatic heterocycles. The highest BCUT2D eigenvalue weighted by atomic mass is 35.5. The van der Waals surface area contributed by atoms with Crippen LogP contribution in [0.1, 0.15) is 35.3 Å². The molecule has 31 heavy (non-hydrogen) atoms. The lowest BCUT2D eigenvalue weighted by Crippen LogP contribution is -2.45. The summed E-state index contributed by atoms with van der Waals surface area (Å²) < 4.78 is 5.76. The molecule has 3 N–H and O–H groups in total. The number of fused-ring (bicyclic) bond motifs is 1. The molecule has 1 aromatic heterocycles. The van der Waals surface area contributed by atoms with Crippen molar-refractivity contribution in [1.82, 2.24) is 15.2 Å². The number of H-pyrrole nitrogens is 1. The second-order valence-electron chi connectivity index (χ2n) is 7.96. The van der Waals surface area contributed by atoms with Gasteiger partial charge in [-0.2, -0.15) is 0 Å². The number of likely N-dealkylation sites (tertiary alicyclic amines) is 1. The average molecular weight is 444 g/mol. The topological polar surface area (TPSA) is 77.6 Å². The molecular weight excluding hydrogens is 414 g/mol. The van der Waals surface area contributed by atoms with E-state index in [1.54, 1.807) is 18.2 Å². The van der Waals surface area contributed by atoms with Crippen LogP contribution in [0.2, 0.25) is 0 Å². The number of aromatic hydroxyl groups is 1. The number of carbonyl (C=O) groups excluding carboxylic acids is 1. The molecule has 1 saturated heterocycles. The molecular formula is C24H30ClN3O3. The Hall–Kier alpha value is -2.70. The third-order valence-electron chi connectivity index (χ3n) is 5.75. The lowest BCUT2D eigenvalue weighted by atomic mass is 10.0. The smallest absolute Gasteiger partial charge is 0.253 e. The summed E-state index contributed by atoms with van der Waals surface area (Å²) in [4.78, 5) is 18.6. The van der Waals surface area contributed by atoms with Crippen molar-refractivity contribution < 1.29 is 14.6 Å². The van der Waals surface area contributed by atoms with E-state index in [1.807, 2.05) is 37.3 Å². The largest absolute Gasteiger partial charge is 0.508 e. The maximum atomic E-state index is 12.9. The Balaban J connectivity index is 0.00000272. The molecule has 7 heteroatoms. The number of amides is 1. The molecule has 3 aromatic rings. The standard InChI is InChI=1S/C24H29N3O3.ClH/c1-17-23(21-16-19(28)8-9-22(21)25-17)24(29)26-18-10-13-27(14-11-18)12-5-15-30-20-6-3-2-4-7-20;/h2-4,6-9,16,18,25,28H,5,10-15H2,1H3,(H,26,29);1H. The van der Waals surface area contributed by atoms with E-state index in [1.165, 1.54) is 0 Å². The van der Waals surface area contributed by atoms with Gasteiger partial charge in [0, 0.05) is 42.3 Å². The maximum absolute atomic E-state index is 12.9. The Morgan fingerprint density at radius 1 is 1.19 bits per heavy atom. The summed E-state index contributed by atoms with van der Waals surface area (Å²) in [5.74, 6) is 1.01. The highest BCUT2D eigenvalue weighted by molar-refractivity contribution is 6.08. The van der Waals surface area contributed by atoms with Gasteiger partial charge >= 0.3 is 0 Å². The van der Waals surface area contributed by atoms with Gasteiger partial charge in [0.1, 0.15) is 11.5 Å². The van der Waals surface area contributed by atoms with Crippen LogP contribution < -0.4 is 10.1 Å². The first kappa shape index (κ1) is 23.0. The lowest BCUT2D eigenvalue weighted by molar-refractivity contribution is 0.0910. The molecule has 4 rings (SSSR count). The molecule has 0 bridgehead atoms. The first-order valence-electron chi connectivity index (χ1n) is 10.6. The molecule has 0 unspecified atom stereocenters. The fourth-order valence-corrected chi connectivity index (χ4v) is 4.16. The Morgan fingerprint density at radius 2 is 1.94 bits per heavy atom. The highest BCUT2D eigenvalue weighted by Crippen LogP contribution is 2.26. The number of hydrogen-bond acceptors (Lipinski definition) is 4. The summed E-state index contributed by atoms with van der Waals surface area (Å²) in [5, 5.41) is 13.7. The van der Waals surface area contributed by atoms with E-state index in [0.29, 0.717) is 12.2 Å². The Labute approximate surface area is 189 Å². The van der Waals surface area contributed by atoms with Crippen molar-refractivity contribution in [2.75, 3.05) is 26.2 Å². The molecule has 0 spiro atoms. The molecule has 0 radical (unpaired) electrons. The number of benzene rings is 2. The van der Waals surface area contributed by atoms with Crippen molar-refractivity contribution in [1.29, 1.82) is 0 Å². The van der Waals surface area contributed by atoms with Gasteiger partial charge in [-0.3, -0.25) is 4.79 Å². The Kier molecular flexibility index (Phi) is 7.82. The molecule has 166 valence electrons. The Morgan fingerprint density at radius 3 is 2.68 bits per heavy atom. The molecule has 6 nitrogen and oxygen atoms in total. The molecule has 1 amide bonds. The number of piperidine rings is 1. The third-order valence-corrected chi connectivity index (χ3v) is 5.75.